The van der Waals surface area contributed by atoms with Crippen molar-refractivity contribution in [1.29, 1.82) is 0 Å². The number of hydrogen-bond acceptors (Lipinski definition) is 4. The van der Waals surface area contributed by atoms with E-state index in [2.05, 4.69) is 15.3 Å². The molecular formula is C6H12F2N2O3. The van der Waals surface area contributed by atoms with Gasteiger partial charge in [-0.15, -0.1) is 0 Å². The quantitative estimate of drug-likeness (QED) is 0.255. The molecule has 0 saturated heterocycles. The Morgan fingerprint density at radius 1 is 1.54 bits per heavy atom. The highest BCUT2D eigenvalue weighted by atomic mass is 19.3. The first-order valence-corrected chi connectivity index (χ1v) is 3.50. The molecule has 0 aliphatic heterocycles. The average Bonchev–Trinajstić information content (AvgIpc) is 2.11. The minimum absolute atomic E-state index is 0.00391. The largest absolute Gasteiger partial charge is 0.382 e. The van der Waals surface area contributed by atoms with E-state index in [0.29, 0.717) is 0 Å². The lowest BCUT2D eigenvalue weighted by atomic mass is 10.3. The van der Waals surface area contributed by atoms with Gasteiger partial charge in [-0.2, -0.15) is 8.78 Å². The summed E-state index contributed by atoms with van der Waals surface area (Å²) >= 11 is 0. The number of hydrazine groups is 1. The Hall–Kier alpha value is -0.790. The minimum atomic E-state index is -3.59. The van der Waals surface area contributed by atoms with Gasteiger partial charge in [0.15, 0.2) is 0 Å². The molecule has 0 saturated carbocycles. The second-order valence-corrected chi connectivity index (χ2v) is 2.22. The van der Waals surface area contributed by atoms with Crippen LogP contribution in [0.1, 0.15) is 0 Å². The first kappa shape index (κ1) is 12.2. The van der Waals surface area contributed by atoms with E-state index >= 15 is 0 Å². The first-order chi connectivity index (χ1) is 6.04. The summed E-state index contributed by atoms with van der Waals surface area (Å²) in [5.41, 5.74) is 1.35. The van der Waals surface area contributed by atoms with Gasteiger partial charge < -0.3 is 9.47 Å². The topological polar surface area (TPSA) is 73.6 Å². The summed E-state index contributed by atoms with van der Waals surface area (Å²) in [5.74, 6) is -0.631. The number of carbonyl (C=O) groups excluding carboxylic acids is 1. The number of hydrogen-bond donors (Lipinski definition) is 2. The molecule has 0 aromatic rings. The van der Waals surface area contributed by atoms with Crippen molar-refractivity contribution in [3.8, 4) is 0 Å². The molecule has 0 aliphatic carbocycles. The van der Waals surface area contributed by atoms with E-state index in [-0.39, 0.29) is 13.2 Å². The molecule has 0 aliphatic rings. The molecule has 0 heterocycles. The molecule has 0 aromatic heterocycles. The van der Waals surface area contributed by atoms with Crippen LogP contribution >= 0.6 is 0 Å². The average molecular weight is 198 g/mol. The maximum Gasteiger partial charge on any atom is 0.348 e. The fourth-order valence-corrected chi connectivity index (χ4v) is 0.514. The second-order valence-electron chi connectivity index (χ2n) is 2.22. The lowest BCUT2D eigenvalue weighted by molar-refractivity contribution is -0.155. The summed E-state index contributed by atoms with van der Waals surface area (Å²) in [7, 11) is 1.41. The number of methoxy groups -OCH3 is 1. The predicted octanol–water partition coefficient (Wildman–Crippen LogP) is -0.725. The molecule has 0 bridgehead atoms. The molecule has 0 aromatic carbocycles. The van der Waals surface area contributed by atoms with Crippen LogP contribution in [0.5, 0.6) is 0 Å². The van der Waals surface area contributed by atoms with Crippen LogP contribution in [0, 0.1) is 0 Å². The number of nitrogens with two attached hydrogens (primary N) is 1. The van der Waals surface area contributed by atoms with E-state index < -0.39 is 18.4 Å². The van der Waals surface area contributed by atoms with Crippen LogP contribution in [-0.4, -0.2) is 38.8 Å². The Morgan fingerprint density at radius 3 is 2.62 bits per heavy atom. The first-order valence-electron chi connectivity index (χ1n) is 3.50. The summed E-state index contributed by atoms with van der Waals surface area (Å²) in [6, 6.07) is 0. The van der Waals surface area contributed by atoms with Crippen LogP contribution < -0.4 is 11.3 Å². The smallest absolute Gasteiger partial charge is 0.348 e. The van der Waals surface area contributed by atoms with Crippen molar-refractivity contribution in [3.63, 3.8) is 0 Å². The molecule has 1 amide bonds. The van der Waals surface area contributed by atoms with E-state index in [1.54, 1.807) is 0 Å². The zero-order valence-electron chi connectivity index (χ0n) is 7.18. The van der Waals surface area contributed by atoms with E-state index in [1.807, 2.05) is 0 Å². The number of rotatable bonds is 6. The van der Waals surface area contributed by atoms with Crippen LogP contribution in [0.15, 0.2) is 0 Å². The summed E-state index contributed by atoms with van der Waals surface area (Å²) < 4.78 is 34.2. The number of amides is 1. The molecule has 3 N–H and O–H groups in total. The normalized spacial score (nSPS) is 11.4. The molecule has 0 fully saturated rings. The van der Waals surface area contributed by atoms with Crippen LogP contribution in [0.25, 0.3) is 0 Å². The second kappa shape index (κ2) is 5.79. The Morgan fingerprint density at radius 2 is 2.15 bits per heavy atom. The highest BCUT2D eigenvalue weighted by Crippen LogP contribution is 2.12. The van der Waals surface area contributed by atoms with Gasteiger partial charge in [-0.1, -0.05) is 0 Å². The monoisotopic (exact) mass is 198 g/mol. The van der Waals surface area contributed by atoms with Gasteiger partial charge in [0.05, 0.1) is 13.2 Å². The molecule has 13 heavy (non-hydrogen) atoms. The summed E-state index contributed by atoms with van der Waals surface area (Å²) in [6.07, 6.45) is 0. The van der Waals surface area contributed by atoms with Gasteiger partial charge in [-0.25, -0.2) is 5.84 Å². The summed E-state index contributed by atoms with van der Waals surface area (Å²) in [5, 5.41) is 0. The minimum Gasteiger partial charge on any atom is -0.382 e. The maximum absolute atomic E-state index is 12.6. The SMILES string of the molecule is COCCOCC(F)(F)C(=O)NN. The van der Waals surface area contributed by atoms with Crippen molar-refractivity contribution in [2.45, 2.75) is 5.92 Å². The zero-order chi connectivity index (χ0) is 10.3. The molecule has 0 atom stereocenters. The Labute approximate surface area is 74.1 Å². The molecule has 0 radical (unpaired) electrons. The lowest BCUT2D eigenvalue weighted by Gasteiger charge is -2.13. The van der Waals surface area contributed by atoms with Crippen molar-refractivity contribution in [3.05, 3.63) is 0 Å². The van der Waals surface area contributed by atoms with Gasteiger partial charge in [0.1, 0.15) is 6.61 Å². The van der Waals surface area contributed by atoms with E-state index in [9.17, 15) is 13.6 Å². The number of carbonyl (C=O) groups is 1. The number of halogens is 2. The van der Waals surface area contributed by atoms with Gasteiger partial charge in [0.25, 0.3) is 0 Å². The Bertz CT molecular complexity index is 166. The highest BCUT2D eigenvalue weighted by molar-refractivity contribution is 5.82. The van der Waals surface area contributed by atoms with E-state index in [1.165, 1.54) is 12.5 Å². The third kappa shape index (κ3) is 4.71. The third-order valence-corrected chi connectivity index (χ3v) is 1.18. The van der Waals surface area contributed by atoms with E-state index in [4.69, 9.17) is 0 Å². The van der Waals surface area contributed by atoms with Crippen LogP contribution in [0.4, 0.5) is 8.78 Å². The van der Waals surface area contributed by atoms with Crippen LogP contribution in [-0.2, 0) is 14.3 Å². The van der Waals surface area contributed by atoms with Crippen molar-refractivity contribution in [1.82, 2.24) is 5.43 Å². The van der Waals surface area contributed by atoms with Crippen molar-refractivity contribution >= 4 is 5.91 Å². The van der Waals surface area contributed by atoms with Crippen molar-refractivity contribution in [2.75, 3.05) is 26.9 Å². The van der Waals surface area contributed by atoms with Gasteiger partial charge >= 0.3 is 11.8 Å². The fraction of sp³-hybridized carbons (Fsp3) is 0.833. The van der Waals surface area contributed by atoms with Crippen LogP contribution in [0.3, 0.4) is 0 Å². The predicted molar refractivity (Wildman–Crippen MR) is 40.0 cm³/mol. The van der Waals surface area contributed by atoms with Gasteiger partial charge in [0, 0.05) is 7.11 Å². The fourth-order valence-electron chi connectivity index (χ4n) is 0.514. The van der Waals surface area contributed by atoms with Gasteiger partial charge in [0.2, 0.25) is 0 Å². The number of ether oxygens (including phenoxy) is 2. The van der Waals surface area contributed by atoms with Gasteiger partial charge in [-0.05, 0) is 0 Å². The zero-order valence-corrected chi connectivity index (χ0v) is 7.18. The number of nitrogens with one attached hydrogen (secondary N) is 1. The molecule has 0 unspecified atom stereocenters. The molecule has 5 nitrogen and oxygen atoms in total. The Kier molecular flexibility index (Phi) is 5.44. The highest BCUT2D eigenvalue weighted by Gasteiger charge is 2.38. The van der Waals surface area contributed by atoms with Crippen molar-refractivity contribution < 1.29 is 23.0 Å². The lowest BCUT2D eigenvalue weighted by Crippen LogP contribution is -2.46. The van der Waals surface area contributed by atoms with E-state index in [0.717, 1.165) is 0 Å². The van der Waals surface area contributed by atoms with Crippen LogP contribution in [0.2, 0.25) is 0 Å². The maximum atomic E-state index is 12.6. The molecule has 0 spiro atoms. The Balaban J connectivity index is 3.69. The molecule has 78 valence electrons. The molecule has 7 heteroatoms. The molecular weight excluding hydrogens is 186 g/mol. The van der Waals surface area contributed by atoms with Gasteiger partial charge in [-0.3, -0.25) is 10.2 Å². The third-order valence-electron chi connectivity index (χ3n) is 1.18. The summed E-state index contributed by atoms with van der Waals surface area (Å²) in [4.78, 5) is 10.4. The van der Waals surface area contributed by atoms with Crippen molar-refractivity contribution in [2.24, 2.45) is 5.84 Å². The standard InChI is InChI=1S/C6H12F2N2O3/c1-12-2-3-13-4-6(7,8)5(11)10-9/h2-4,9H2,1H3,(H,10,11). The molecule has 0 rings (SSSR count). The number of alkyl halides is 2. The summed E-state index contributed by atoms with van der Waals surface area (Å²) in [6.45, 7) is -0.802.